The number of nitro benzene ring substituents is 1. The number of aromatic nitrogens is 2. The van der Waals surface area contributed by atoms with Gasteiger partial charge in [-0.3, -0.25) is 14.9 Å². The number of non-ortho nitro benzene ring substituents is 1. The first-order valence-corrected chi connectivity index (χ1v) is 7.93. The molecule has 2 aromatic carbocycles. The summed E-state index contributed by atoms with van der Waals surface area (Å²) >= 11 is 5.93. The molecule has 0 fully saturated rings. The van der Waals surface area contributed by atoms with Crippen molar-refractivity contribution in [3.63, 3.8) is 0 Å². The van der Waals surface area contributed by atoms with Crippen molar-refractivity contribution >= 4 is 23.2 Å². The number of hydrogen-bond acceptors (Lipinski definition) is 6. The van der Waals surface area contributed by atoms with Crippen LogP contribution in [-0.2, 0) is 6.54 Å². The van der Waals surface area contributed by atoms with Gasteiger partial charge in [0.25, 0.3) is 17.5 Å². The number of nitrogens with one attached hydrogen (secondary N) is 1. The van der Waals surface area contributed by atoms with Gasteiger partial charge in [0.15, 0.2) is 5.82 Å². The normalized spacial score (nSPS) is 10.5. The van der Waals surface area contributed by atoms with Crippen LogP contribution in [0.5, 0.6) is 0 Å². The molecule has 9 heteroatoms. The number of carbonyl (C=O) groups excluding carboxylic acids is 1. The third-order valence-corrected chi connectivity index (χ3v) is 3.89. The summed E-state index contributed by atoms with van der Waals surface area (Å²) in [6.07, 6.45) is 0. The zero-order valence-electron chi connectivity index (χ0n) is 13.6. The molecular weight excluding hydrogens is 360 g/mol. The minimum Gasteiger partial charge on any atom is -0.345 e. The summed E-state index contributed by atoms with van der Waals surface area (Å²) in [5.74, 6) is 0.154. The van der Waals surface area contributed by atoms with Crippen molar-refractivity contribution in [2.24, 2.45) is 0 Å². The van der Waals surface area contributed by atoms with Crippen molar-refractivity contribution in [1.82, 2.24) is 15.5 Å². The van der Waals surface area contributed by atoms with E-state index in [0.717, 1.165) is 17.2 Å². The van der Waals surface area contributed by atoms with Crippen LogP contribution in [-0.4, -0.2) is 21.0 Å². The first kappa shape index (κ1) is 17.6. The van der Waals surface area contributed by atoms with Crippen LogP contribution in [0.4, 0.5) is 5.69 Å². The van der Waals surface area contributed by atoms with Gasteiger partial charge in [-0.2, -0.15) is 4.98 Å². The molecule has 0 aliphatic heterocycles. The summed E-state index contributed by atoms with van der Waals surface area (Å²) < 4.78 is 5.18. The van der Waals surface area contributed by atoms with E-state index in [1.807, 2.05) is 31.2 Å². The SMILES string of the molecule is Cc1ccc(-c2nc(CNC(=O)c3ccc([N+](=O)[O-])cc3Cl)no2)cc1. The molecule has 0 spiro atoms. The highest BCUT2D eigenvalue weighted by molar-refractivity contribution is 6.34. The van der Waals surface area contributed by atoms with Gasteiger partial charge in [0.05, 0.1) is 22.1 Å². The quantitative estimate of drug-likeness (QED) is 0.541. The van der Waals surface area contributed by atoms with E-state index < -0.39 is 10.8 Å². The average molecular weight is 373 g/mol. The molecule has 0 saturated heterocycles. The van der Waals surface area contributed by atoms with E-state index in [9.17, 15) is 14.9 Å². The van der Waals surface area contributed by atoms with Crippen molar-refractivity contribution in [2.45, 2.75) is 13.5 Å². The lowest BCUT2D eigenvalue weighted by Gasteiger charge is -2.04. The van der Waals surface area contributed by atoms with E-state index >= 15 is 0 Å². The number of aryl methyl sites for hydroxylation is 1. The van der Waals surface area contributed by atoms with Gasteiger partial charge in [-0.15, -0.1) is 0 Å². The van der Waals surface area contributed by atoms with Gasteiger partial charge >= 0.3 is 0 Å². The molecule has 0 aliphatic rings. The van der Waals surface area contributed by atoms with Crippen LogP contribution >= 0.6 is 11.6 Å². The predicted octanol–water partition coefficient (Wildman–Crippen LogP) is 3.54. The lowest BCUT2D eigenvalue weighted by molar-refractivity contribution is -0.384. The molecule has 132 valence electrons. The zero-order chi connectivity index (χ0) is 18.7. The maximum atomic E-state index is 12.2. The third-order valence-electron chi connectivity index (χ3n) is 3.58. The first-order chi connectivity index (χ1) is 12.4. The largest absolute Gasteiger partial charge is 0.345 e. The fourth-order valence-corrected chi connectivity index (χ4v) is 2.46. The van der Waals surface area contributed by atoms with Crippen LogP contribution in [0.2, 0.25) is 5.02 Å². The monoisotopic (exact) mass is 372 g/mol. The Balaban J connectivity index is 1.67. The number of halogens is 1. The van der Waals surface area contributed by atoms with Crippen molar-refractivity contribution < 1.29 is 14.2 Å². The maximum Gasteiger partial charge on any atom is 0.270 e. The molecule has 8 nitrogen and oxygen atoms in total. The van der Waals surface area contributed by atoms with E-state index in [4.69, 9.17) is 16.1 Å². The number of amides is 1. The summed E-state index contributed by atoms with van der Waals surface area (Å²) in [6, 6.07) is 11.2. The molecular formula is C17H13ClN4O4. The van der Waals surface area contributed by atoms with Gasteiger partial charge in [-0.1, -0.05) is 34.5 Å². The van der Waals surface area contributed by atoms with Crippen LogP contribution in [0, 0.1) is 17.0 Å². The number of carbonyl (C=O) groups is 1. The van der Waals surface area contributed by atoms with Crippen LogP contribution < -0.4 is 5.32 Å². The molecule has 1 amide bonds. The Morgan fingerprint density at radius 3 is 2.65 bits per heavy atom. The fourth-order valence-electron chi connectivity index (χ4n) is 2.20. The van der Waals surface area contributed by atoms with Crippen molar-refractivity contribution in [2.75, 3.05) is 0 Å². The van der Waals surface area contributed by atoms with E-state index in [-0.39, 0.29) is 22.8 Å². The highest BCUT2D eigenvalue weighted by Crippen LogP contribution is 2.22. The number of hydrogen-bond donors (Lipinski definition) is 1. The number of nitro groups is 1. The first-order valence-electron chi connectivity index (χ1n) is 7.56. The van der Waals surface area contributed by atoms with Gasteiger partial charge < -0.3 is 9.84 Å². The molecule has 3 aromatic rings. The van der Waals surface area contributed by atoms with E-state index in [1.165, 1.54) is 12.1 Å². The zero-order valence-corrected chi connectivity index (χ0v) is 14.4. The van der Waals surface area contributed by atoms with Gasteiger partial charge in [-0.05, 0) is 25.1 Å². The minimum absolute atomic E-state index is 0.00911. The van der Waals surface area contributed by atoms with Crippen LogP contribution in [0.3, 0.4) is 0 Å². The van der Waals surface area contributed by atoms with Crippen LogP contribution in [0.1, 0.15) is 21.7 Å². The Morgan fingerprint density at radius 2 is 2.00 bits per heavy atom. The number of nitrogens with zero attached hydrogens (tertiary/aromatic N) is 3. The number of rotatable bonds is 5. The molecule has 0 bridgehead atoms. The highest BCUT2D eigenvalue weighted by Gasteiger charge is 2.16. The molecule has 0 atom stereocenters. The lowest BCUT2D eigenvalue weighted by Crippen LogP contribution is -2.23. The molecule has 3 rings (SSSR count). The topological polar surface area (TPSA) is 111 Å². The molecule has 26 heavy (non-hydrogen) atoms. The summed E-state index contributed by atoms with van der Waals surface area (Å²) in [4.78, 5) is 26.5. The van der Waals surface area contributed by atoms with Gasteiger partial charge in [-0.25, -0.2) is 0 Å². The molecule has 1 aromatic heterocycles. The minimum atomic E-state index is -0.584. The molecule has 0 radical (unpaired) electrons. The molecule has 0 unspecified atom stereocenters. The summed E-state index contributed by atoms with van der Waals surface area (Å²) in [7, 11) is 0. The lowest BCUT2D eigenvalue weighted by atomic mass is 10.1. The standard InChI is InChI=1S/C17H13ClN4O4/c1-10-2-4-11(5-3-10)17-20-15(21-26-17)9-19-16(23)13-7-6-12(22(24)25)8-14(13)18/h2-8H,9H2,1H3,(H,19,23). The smallest absolute Gasteiger partial charge is 0.270 e. The van der Waals surface area contributed by atoms with Crippen molar-refractivity contribution in [3.8, 4) is 11.5 Å². The molecule has 1 N–H and O–H groups in total. The second-order valence-electron chi connectivity index (χ2n) is 5.49. The Labute approximate surface area is 152 Å². The van der Waals surface area contributed by atoms with E-state index in [0.29, 0.717) is 11.7 Å². The van der Waals surface area contributed by atoms with Crippen molar-refractivity contribution in [3.05, 3.63) is 74.6 Å². The third kappa shape index (κ3) is 3.86. The Kier molecular flexibility index (Phi) is 4.94. The van der Waals surface area contributed by atoms with E-state index in [2.05, 4.69) is 15.5 Å². The fraction of sp³-hybridized carbons (Fsp3) is 0.118. The van der Waals surface area contributed by atoms with Crippen molar-refractivity contribution in [1.29, 1.82) is 0 Å². The van der Waals surface area contributed by atoms with Gasteiger partial charge in [0.2, 0.25) is 0 Å². The van der Waals surface area contributed by atoms with Crippen LogP contribution in [0.25, 0.3) is 11.5 Å². The predicted molar refractivity (Wildman–Crippen MR) is 93.7 cm³/mol. The Morgan fingerprint density at radius 1 is 1.27 bits per heavy atom. The van der Waals surface area contributed by atoms with Crippen LogP contribution in [0.15, 0.2) is 47.0 Å². The molecule has 0 aliphatic carbocycles. The second kappa shape index (κ2) is 7.32. The van der Waals surface area contributed by atoms with E-state index in [1.54, 1.807) is 0 Å². The maximum absolute atomic E-state index is 12.2. The summed E-state index contributed by atoms with van der Waals surface area (Å²) in [6.45, 7) is 2.00. The van der Waals surface area contributed by atoms with Gasteiger partial charge in [0, 0.05) is 17.7 Å². The Hall–Kier alpha value is -3.26. The number of benzene rings is 2. The highest BCUT2D eigenvalue weighted by atomic mass is 35.5. The summed E-state index contributed by atoms with van der Waals surface area (Å²) in [5, 5.41) is 17.1. The summed E-state index contributed by atoms with van der Waals surface area (Å²) in [5.41, 5.74) is 1.83. The Bertz CT molecular complexity index is 969. The average Bonchev–Trinajstić information content (AvgIpc) is 3.09. The molecule has 1 heterocycles. The van der Waals surface area contributed by atoms with Gasteiger partial charge in [0.1, 0.15) is 0 Å². The second-order valence-corrected chi connectivity index (χ2v) is 5.89. The molecule has 0 saturated carbocycles.